The van der Waals surface area contributed by atoms with E-state index in [0.29, 0.717) is 6.54 Å². The Morgan fingerprint density at radius 2 is 1.61 bits per heavy atom. The Balaban J connectivity index is 0.00000192. The molecule has 0 unspecified atom stereocenters. The van der Waals surface area contributed by atoms with E-state index in [1.807, 2.05) is 54.6 Å². The Morgan fingerprint density at radius 1 is 0.870 bits per heavy atom. The molecule has 2 aromatic carbocycles. The molecule has 23 heavy (non-hydrogen) atoms. The quantitative estimate of drug-likeness (QED) is 0.654. The Hall–Kier alpha value is -2.10. The number of nitrogens with one attached hydrogen (secondary N) is 1. The van der Waals surface area contributed by atoms with Gasteiger partial charge in [0.05, 0.1) is 6.54 Å². The SMILES string of the molecule is Cl.Fc1ccc(CCNCc2ccc(-c3ccccc3)o2)cc1. The van der Waals surface area contributed by atoms with Gasteiger partial charge in [-0.25, -0.2) is 4.39 Å². The van der Waals surface area contributed by atoms with Crippen molar-refractivity contribution in [3.63, 3.8) is 0 Å². The summed E-state index contributed by atoms with van der Waals surface area (Å²) in [5.41, 5.74) is 2.21. The first kappa shape index (κ1) is 17.3. The van der Waals surface area contributed by atoms with E-state index in [4.69, 9.17) is 4.42 Å². The molecule has 0 aliphatic carbocycles. The van der Waals surface area contributed by atoms with Crippen LogP contribution in [0.2, 0.25) is 0 Å². The summed E-state index contributed by atoms with van der Waals surface area (Å²) < 4.78 is 18.6. The molecule has 0 bridgehead atoms. The maximum Gasteiger partial charge on any atom is 0.134 e. The molecule has 4 heteroatoms. The first-order valence-electron chi connectivity index (χ1n) is 7.40. The smallest absolute Gasteiger partial charge is 0.134 e. The standard InChI is InChI=1S/C19H18FNO.ClH/c20-17-8-6-15(7-9-17)12-13-21-14-18-10-11-19(22-18)16-4-2-1-3-5-16;/h1-11,21H,12-14H2;1H. The zero-order valence-corrected chi connectivity index (χ0v) is 13.5. The number of hydrogen-bond acceptors (Lipinski definition) is 2. The maximum absolute atomic E-state index is 12.8. The van der Waals surface area contributed by atoms with Crippen molar-refractivity contribution >= 4 is 12.4 Å². The van der Waals surface area contributed by atoms with Crippen LogP contribution in [0.4, 0.5) is 4.39 Å². The summed E-state index contributed by atoms with van der Waals surface area (Å²) in [5.74, 6) is 1.61. The van der Waals surface area contributed by atoms with Crippen LogP contribution in [0.5, 0.6) is 0 Å². The van der Waals surface area contributed by atoms with Gasteiger partial charge < -0.3 is 9.73 Å². The Bertz CT molecular complexity index is 710. The van der Waals surface area contributed by atoms with Gasteiger partial charge in [0.15, 0.2) is 0 Å². The van der Waals surface area contributed by atoms with Gasteiger partial charge in [-0.15, -0.1) is 12.4 Å². The topological polar surface area (TPSA) is 25.2 Å². The van der Waals surface area contributed by atoms with Crippen LogP contribution in [0, 0.1) is 5.82 Å². The summed E-state index contributed by atoms with van der Waals surface area (Å²) in [6, 6.07) is 20.7. The van der Waals surface area contributed by atoms with Crippen LogP contribution in [0.25, 0.3) is 11.3 Å². The van der Waals surface area contributed by atoms with E-state index < -0.39 is 0 Å². The second kappa shape index (κ2) is 8.51. The van der Waals surface area contributed by atoms with Crippen molar-refractivity contribution in [1.82, 2.24) is 5.32 Å². The summed E-state index contributed by atoms with van der Waals surface area (Å²) >= 11 is 0. The van der Waals surface area contributed by atoms with Crippen LogP contribution in [-0.4, -0.2) is 6.54 Å². The maximum atomic E-state index is 12.8. The molecule has 0 radical (unpaired) electrons. The van der Waals surface area contributed by atoms with Gasteiger partial charge in [-0.05, 0) is 42.8 Å². The van der Waals surface area contributed by atoms with Crippen LogP contribution in [-0.2, 0) is 13.0 Å². The van der Waals surface area contributed by atoms with Gasteiger partial charge in [-0.1, -0.05) is 42.5 Å². The zero-order chi connectivity index (χ0) is 15.2. The number of halogens is 2. The highest BCUT2D eigenvalue weighted by atomic mass is 35.5. The molecular formula is C19H19ClFNO. The average molecular weight is 332 g/mol. The van der Waals surface area contributed by atoms with E-state index in [9.17, 15) is 4.39 Å². The van der Waals surface area contributed by atoms with Gasteiger partial charge in [0.1, 0.15) is 17.3 Å². The zero-order valence-electron chi connectivity index (χ0n) is 12.7. The van der Waals surface area contributed by atoms with Crippen LogP contribution in [0.15, 0.2) is 71.1 Å². The number of hydrogen-bond donors (Lipinski definition) is 1. The van der Waals surface area contributed by atoms with E-state index in [0.717, 1.165) is 35.6 Å². The van der Waals surface area contributed by atoms with Crippen LogP contribution >= 0.6 is 12.4 Å². The summed E-state index contributed by atoms with van der Waals surface area (Å²) in [6.45, 7) is 1.51. The molecule has 0 spiro atoms. The minimum Gasteiger partial charge on any atom is -0.460 e. The van der Waals surface area contributed by atoms with Crippen LogP contribution in [0.3, 0.4) is 0 Å². The van der Waals surface area contributed by atoms with Crippen molar-refractivity contribution in [3.05, 3.63) is 83.9 Å². The van der Waals surface area contributed by atoms with Crippen molar-refractivity contribution in [2.75, 3.05) is 6.54 Å². The molecule has 1 N–H and O–H groups in total. The van der Waals surface area contributed by atoms with Crippen molar-refractivity contribution < 1.29 is 8.81 Å². The Morgan fingerprint density at radius 3 is 2.35 bits per heavy atom. The van der Waals surface area contributed by atoms with Gasteiger partial charge in [-0.3, -0.25) is 0 Å². The lowest BCUT2D eigenvalue weighted by Gasteiger charge is -2.03. The molecule has 0 saturated carbocycles. The van der Waals surface area contributed by atoms with Gasteiger partial charge >= 0.3 is 0 Å². The van der Waals surface area contributed by atoms with Crippen molar-refractivity contribution in [2.45, 2.75) is 13.0 Å². The molecule has 1 heterocycles. The van der Waals surface area contributed by atoms with Gasteiger partial charge in [0, 0.05) is 5.56 Å². The van der Waals surface area contributed by atoms with Gasteiger partial charge in [0.2, 0.25) is 0 Å². The highest BCUT2D eigenvalue weighted by Gasteiger charge is 2.03. The van der Waals surface area contributed by atoms with Gasteiger partial charge in [0.25, 0.3) is 0 Å². The van der Waals surface area contributed by atoms with Crippen molar-refractivity contribution in [3.8, 4) is 11.3 Å². The second-order valence-electron chi connectivity index (χ2n) is 5.19. The lowest BCUT2D eigenvalue weighted by atomic mass is 10.1. The summed E-state index contributed by atoms with van der Waals surface area (Å²) in [5, 5.41) is 3.34. The largest absolute Gasteiger partial charge is 0.460 e. The first-order chi connectivity index (χ1) is 10.8. The van der Waals surface area contributed by atoms with E-state index in [2.05, 4.69) is 5.32 Å². The minimum atomic E-state index is -0.194. The number of benzene rings is 2. The second-order valence-corrected chi connectivity index (χ2v) is 5.19. The minimum absolute atomic E-state index is 0. The fourth-order valence-corrected chi connectivity index (χ4v) is 2.33. The molecule has 0 aliphatic heterocycles. The predicted molar refractivity (Wildman–Crippen MR) is 93.2 cm³/mol. The monoisotopic (exact) mass is 331 g/mol. The molecule has 3 aromatic rings. The molecule has 1 aromatic heterocycles. The first-order valence-corrected chi connectivity index (χ1v) is 7.40. The van der Waals surface area contributed by atoms with Gasteiger partial charge in [-0.2, -0.15) is 0 Å². The lowest BCUT2D eigenvalue weighted by molar-refractivity contribution is 0.494. The number of furan rings is 1. The van der Waals surface area contributed by atoms with E-state index in [1.54, 1.807) is 0 Å². The van der Waals surface area contributed by atoms with Crippen LogP contribution in [0.1, 0.15) is 11.3 Å². The van der Waals surface area contributed by atoms with E-state index >= 15 is 0 Å². The summed E-state index contributed by atoms with van der Waals surface area (Å²) in [7, 11) is 0. The molecule has 0 amide bonds. The average Bonchev–Trinajstić information content (AvgIpc) is 3.03. The van der Waals surface area contributed by atoms with Crippen LogP contribution < -0.4 is 5.32 Å². The molecule has 0 atom stereocenters. The molecule has 2 nitrogen and oxygen atoms in total. The third-order valence-electron chi connectivity index (χ3n) is 3.52. The van der Waals surface area contributed by atoms with Crippen molar-refractivity contribution in [2.24, 2.45) is 0 Å². The lowest BCUT2D eigenvalue weighted by Crippen LogP contribution is -2.16. The molecule has 0 saturated heterocycles. The third-order valence-corrected chi connectivity index (χ3v) is 3.52. The fraction of sp³-hybridized carbons (Fsp3) is 0.158. The predicted octanol–water partition coefficient (Wildman–Crippen LogP) is 4.84. The molecule has 120 valence electrons. The number of rotatable bonds is 6. The third kappa shape index (κ3) is 4.95. The highest BCUT2D eigenvalue weighted by Crippen LogP contribution is 2.21. The Kier molecular flexibility index (Phi) is 6.39. The summed E-state index contributed by atoms with van der Waals surface area (Å²) in [4.78, 5) is 0. The highest BCUT2D eigenvalue weighted by molar-refractivity contribution is 5.85. The van der Waals surface area contributed by atoms with E-state index in [-0.39, 0.29) is 18.2 Å². The fourth-order valence-electron chi connectivity index (χ4n) is 2.33. The Labute approximate surface area is 141 Å². The molecule has 3 rings (SSSR count). The molecule has 0 aliphatic rings. The molecule has 0 fully saturated rings. The molecular weight excluding hydrogens is 313 g/mol. The summed E-state index contributed by atoms with van der Waals surface area (Å²) in [6.07, 6.45) is 0.868. The van der Waals surface area contributed by atoms with E-state index in [1.165, 1.54) is 12.1 Å². The normalized spacial score (nSPS) is 10.3. The van der Waals surface area contributed by atoms with Crippen molar-refractivity contribution in [1.29, 1.82) is 0 Å².